The molecule has 0 spiro atoms. The van der Waals surface area contributed by atoms with E-state index in [1.165, 1.54) is 18.2 Å². The normalized spacial score (nSPS) is 15.6. The third-order valence-electron chi connectivity index (χ3n) is 3.96. The molecule has 132 valence electrons. The first-order valence-corrected chi connectivity index (χ1v) is 7.91. The van der Waals surface area contributed by atoms with Crippen molar-refractivity contribution < 1.29 is 28.5 Å². The lowest BCUT2D eigenvalue weighted by Crippen LogP contribution is -2.37. The van der Waals surface area contributed by atoms with E-state index in [0.717, 1.165) is 0 Å². The second-order valence-electron chi connectivity index (χ2n) is 5.74. The molecule has 0 amide bonds. The summed E-state index contributed by atoms with van der Waals surface area (Å²) in [5, 5.41) is 10.1. The van der Waals surface area contributed by atoms with Crippen molar-refractivity contribution in [2.24, 2.45) is 0 Å². The molecule has 3 aromatic rings. The van der Waals surface area contributed by atoms with Crippen molar-refractivity contribution in [1.82, 2.24) is 0 Å². The number of hydrogen-bond donors (Lipinski definition) is 1. The van der Waals surface area contributed by atoms with E-state index in [2.05, 4.69) is 0 Å². The van der Waals surface area contributed by atoms with E-state index < -0.39 is 17.7 Å². The van der Waals surface area contributed by atoms with Crippen molar-refractivity contribution in [2.45, 2.75) is 12.7 Å². The molecule has 0 saturated heterocycles. The first-order valence-electron chi connectivity index (χ1n) is 7.91. The lowest BCUT2D eigenvalue weighted by molar-refractivity contribution is -0.155. The smallest absolute Gasteiger partial charge is 0.351 e. The largest absolute Gasteiger partial charge is 0.508 e. The van der Waals surface area contributed by atoms with Crippen LogP contribution in [0.5, 0.6) is 17.2 Å². The highest BCUT2D eigenvalue weighted by molar-refractivity contribution is 5.82. The van der Waals surface area contributed by atoms with Gasteiger partial charge in [0.15, 0.2) is 11.5 Å². The van der Waals surface area contributed by atoms with Gasteiger partial charge in [0.2, 0.25) is 6.10 Å². The zero-order valence-corrected chi connectivity index (χ0v) is 13.5. The van der Waals surface area contributed by atoms with E-state index in [9.17, 15) is 14.7 Å². The molecule has 0 saturated carbocycles. The minimum Gasteiger partial charge on any atom is -0.508 e. The molecular formula is C19H14O7. The van der Waals surface area contributed by atoms with Gasteiger partial charge >= 0.3 is 11.6 Å². The minimum absolute atomic E-state index is 0.0267. The molecule has 1 aliphatic heterocycles. The molecule has 4 rings (SSSR count). The molecule has 2 heterocycles. The number of benzene rings is 2. The van der Waals surface area contributed by atoms with Crippen LogP contribution in [0.2, 0.25) is 0 Å². The molecule has 1 aromatic heterocycles. The van der Waals surface area contributed by atoms with Crippen molar-refractivity contribution in [3.63, 3.8) is 0 Å². The predicted octanol–water partition coefficient (Wildman–Crippen LogP) is 2.38. The molecule has 1 N–H and O–H groups in total. The van der Waals surface area contributed by atoms with Gasteiger partial charge in [-0.3, -0.25) is 0 Å². The number of rotatable bonds is 3. The monoisotopic (exact) mass is 354 g/mol. The summed E-state index contributed by atoms with van der Waals surface area (Å²) in [6.07, 6.45) is -0.889. The highest BCUT2D eigenvalue weighted by Crippen LogP contribution is 2.31. The second kappa shape index (κ2) is 6.44. The fourth-order valence-corrected chi connectivity index (χ4v) is 2.72. The SMILES string of the molecule is O=C(OCc1cc(=O)oc2cc(O)ccc12)[C@@H]1COc2ccccc2O1. The zero-order valence-electron chi connectivity index (χ0n) is 13.5. The average molecular weight is 354 g/mol. The summed E-state index contributed by atoms with van der Waals surface area (Å²) in [5.74, 6) is 0.422. The Labute approximate surface area is 147 Å². The Kier molecular flexibility index (Phi) is 3.96. The van der Waals surface area contributed by atoms with E-state index in [1.54, 1.807) is 24.3 Å². The predicted molar refractivity (Wildman–Crippen MR) is 90.3 cm³/mol. The van der Waals surface area contributed by atoms with Gasteiger partial charge in [0, 0.05) is 23.1 Å². The molecule has 0 unspecified atom stereocenters. The summed E-state index contributed by atoms with van der Waals surface area (Å²) in [6.45, 7) is -0.0887. The van der Waals surface area contributed by atoms with Crippen LogP contribution in [0.3, 0.4) is 0 Å². The molecule has 1 aliphatic rings. The number of hydrogen-bond acceptors (Lipinski definition) is 7. The lowest BCUT2D eigenvalue weighted by atomic mass is 10.1. The highest BCUT2D eigenvalue weighted by Gasteiger charge is 2.28. The van der Waals surface area contributed by atoms with Crippen LogP contribution in [0.1, 0.15) is 5.56 Å². The van der Waals surface area contributed by atoms with Crippen LogP contribution in [0.25, 0.3) is 11.0 Å². The number of esters is 1. The van der Waals surface area contributed by atoms with E-state index >= 15 is 0 Å². The Bertz CT molecular complexity index is 1040. The maximum Gasteiger partial charge on any atom is 0.351 e. The van der Waals surface area contributed by atoms with Crippen LogP contribution >= 0.6 is 0 Å². The van der Waals surface area contributed by atoms with Crippen molar-refractivity contribution in [2.75, 3.05) is 6.61 Å². The van der Waals surface area contributed by atoms with Gasteiger partial charge in [-0.1, -0.05) is 12.1 Å². The third-order valence-corrected chi connectivity index (χ3v) is 3.96. The molecule has 26 heavy (non-hydrogen) atoms. The molecule has 7 heteroatoms. The van der Waals surface area contributed by atoms with Crippen molar-refractivity contribution in [3.05, 3.63) is 64.5 Å². The van der Waals surface area contributed by atoms with Crippen LogP contribution in [0, 0.1) is 0 Å². The summed E-state index contributed by atoms with van der Waals surface area (Å²) >= 11 is 0. The fraction of sp³-hybridized carbons (Fsp3) is 0.158. The molecule has 0 aliphatic carbocycles. The number of ether oxygens (including phenoxy) is 3. The van der Waals surface area contributed by atoms with Gasteiger partial charge < -0.3 is 23.7 Å². The number of para-hydroxylation sites is 2. The van der Waals surface area contributed by atoms with Crippen LogP contribution in [0.4, 0.5) is 0 Å². The standard InChI is InChI=1S/C19H14O7/c20-12-5-6-13-11(7-18(21)26-16(13)8-12)9-24-19(22)17-10-23-14-3-1-2-4-15(14)25-17/h1-8,17,20H,9-10H2/t17-/m0/s1. The number of carbonyl (C=O) groups is 1. The van der Waals surface area contributed by atoms with E-state index in [0.29, 0.717) is 22.4 Å². The van der Waals surface area contributed by atoms with E-state index in [4.69, 9.17) is 18.6 Å². The quantitative estimate of drug-likeness (QED) is 0.570. The zero-order chi connectivity index (χ0) is 18.1. The summed E-state index contributed by atoms with van der Waals surface area (Å²) in [4.78, 5) is 24.0. The Morgan fingerprint density at radius 1 is 1.15 bits per heavy atom. The van der Waals surface area contributed by atoms with Crippen LogP contribution < -0.4 is 15.1 Å². The minimum atomic E-state index is -0.889. The van der Waals surface area contributed by atoms with Gasteiger partial charge in [-0.25, -0.2) is 9.59 Å². The third kappa shape index (κ3) is 3.06. The van der Waals surface area contributed by atoms with E-state index in [-0.39, 0.29) is 24.5 Å². The molecule has 0 bridgehead atoms. The van der Waals surface area contributed by atoms with Gasteiger partial charge in [0.1, 0.15) is 24.5 Å². The summed E-state index contributed by atoms with van der Waals surface area (Å²) < 4.78 is 21.4. The number of aromatic hydroxyl groups is 1. The molecule has 0 radical (unpaired) electrons. The molecule has 7 nitrogen and oxygen atoms in total. The maximum atomic E-state index is 12.3. The Morgan fingerprint density at radius 2 is 1.96 bits per heavy atom. The van der Waals surface area contributed by atoms with Gasteiger partial charge in [-0.2, -0.15) is 0 Å². The van der Waals surface area contributed by atoms with Crippen LogP contribution in [-0.4, -0.2) is 23.8 Å². The van der Waals surface area contributed by atoms with Gasteiger partial charge in [-0.05, 0) is 24.3 Å². The summed E-state index contributed by atoms with van der Waals surface area (Å²) in [7, 11) is 0. The highest BCUT2D eigenvalue weighted by atomic mass is 16.6. The molecule has 0 fully saturated rings. The molecular weight excluding hydrogens is 340 g/mol. The Hall–Kier alpha value is -3.48. The van der Waals surface area contributed by atoms with Gasteiger partial charge in [0.25, 0.3) is 0 Å². The second-order valence-corrected chi connectivity index (χ2v) is 5.74. The van der Waals surface area contributed by atoms with Crippen molar-refractivity contribution >= 4 is 16.9 Å². The number of carbonyl (C=O) groups excluding carboxylic acids is 1. The average Bonchev–Trinajstić information content (AvgIpc) is 2.65. The van der Waals surface area contributed by atoms with Gasteiger partial charge in [-0.15, -0.1) is 0 Å². The lowest BCUT2D eigenvalue weighted by Gasteiger charge is -2.24. The number of fused-ring (bicyclic) bond motifs is 2. The maximum absolute atomic E-state index is 12.3. The summed E-state index contributed by atoms with van der Waals surface area (Å²) in [6, 6.07) is 12.7. The van der Waals surface area contributed by atoms with Crippen molar-refractivity contribution in [1.29, 1.82) is 0 Å². The van der Waals surface area contributed by atoms with E-state index in [1.807, 2.05) is 6.07 Å². The Balaban J connectivity index is 1.50. The fourth-order valence-electron chi connectivity index (χ4n) is 2.72. The first-order chi connectivity index (χ1) is 12.6. The van der Waals surface area contributed by atoms with Gasteiger partial charge in [0.05, 0.1) is 0 Å². The van der Waals surface area contributed by atoms with Crippen LogP contribution in [0.15, 0.2) is 57.7 Å². The first kappa shape index (κ1) is 16.0. The summed E-state index contributed by atoms with van der Waals surface area (Å²) in [5.41, 5.74) is 0.0942. The number of phenols is 1. The topological polar surface area (TPSA) is 95.2 Å². The van der Waals surface area contributed by atoms with Crippen molar-refractivity contribution in [3.8, 4) is 17.2 Å². The molecule has 2 aromatic carbocycles. The Morgan fingerprint density at radius 3 is 2.81 bits per heavy atom. The number of phenolic OH excluding ortho intramolecular Hbond substituents is 1. The molecule has 1 atom stereocenters. The van der Waals surface area contributed by atoms with Crippen LogP contribution in [-0.2, 0) is 16.1 Å².